The maximum Gasteiger partial charge on any atom is 0.308 e. The molecule has 0 unspecified atom stereocenters. The molecule has 0 aliphatic carbocycles. The first-order valence-electron chi connectivity index (χ1n) is 8.83. The third kappa shape index (κ3) is 5.46. The number of nitrogens with zero attached hydrogens (tertiary/aromatic N) is 1. The van der Waals surface area contributed by atoms with E-state index in [-0.39, 0.29) is 18.4 Å². The molecular weight excluding hydrogens is 322 g/mol. The van der Waals surface area contributed by atoms with E-state index < -0.39 is 11.9 Å². The van der Waals surface area contributed by atoms with Crippen LogP contribution >= 0.6 is 0 Å². The highest BCUT2D eigenvalue weighted by Crippen LogP contribution is 2.35. The van der Waals surface area contributed by atoms with Gasteiger partial charge in [0.2, 0.25) is 5.91 Å². The van der Waals surface area contributed by atoms with Crippen molar-refractivity contribution in [2.75, 3.05) is 32.9 Å². The Bertz CT molecular complexity index is 589. The lowest BCUT2D eigenvalue weighted by molar-refractivity contribution is -0.143. The number of rotatable bonds is 9. The van der Waals surface area contributed by atoms with E-state index in [0.29, 0.717) is 32.8 Å². The first kappa shape index (κ1) is 19.2. The SMILES string of the molecule is CCOCCN(C[C@H](C)C(=O)O)C(=O)C[C@@H]1CCOc2ccccc21. The average molecular weight is 349 g/mol. The van der Waals surface area contributed by atoms with E-state index >= 15 is 0 Å². The molecule has 1 aliphatic heterocycles. The smallest absolute Gasteiger partial charge is 0.308 e. The maximum absolute atomic E-state index is 12.8. The lowest BCUT2D eigenvalue weighted by atomic mass is 9.89. The summed E-state index contributed by atoms with van der Waals surface area (Å²) in [5.74, 6) is -0.592. The van der Waals surface area contributed by atoms with Crippen molar-refractivity contribution in [2.45, 2.75) is 32.6 Å². The van der Waals surface area contributed by atoms with Crippen LogP contribution in [0, 0.1) is 5.92 Å². The summed E-state index contributed by atoms with van der Waals surface area (Å²) in [5.41, 5.74) is 1.05. The second-order valence-electron chi connectivity index (χ2n) is 6.35. The fourth-order valence-corrected chi connectivity index (χ4v) is 3.01. The van der Waals surface area contributed by atoms with Crippen LogP contribution < -0.4 is 4.74 Å². The monoisotopic (exact) mass is 349 g/mol. The van der Waals surface area contributed by atoms with Crippen LogP contribution in [0.1, 0.15) is 38.2 Å². The minimum Gasteiger partial charge on any atom is -0.493 e. The Hall–Kier alpha value is -2.08. The van der Waals surface area contributed by atoms with E-state index in [4.69, 9.17) is 14.6 Å². The largest absolute Gasteiger partial charge is 0.493 e. The van der Waals surface area contributed by atoms with Crippen molar-refractivity contribution >= 4 is 11.9 Å². The number of carbonyl (C=O) groups excluding carboxylic acids is 1. The Balaban J connectivity index is 2.04. The van der Waals surface area contributed by atoms with Gasteiger partial charge in [-0.2, -0.15) is 0 Å². The van der Waals surface area contributed by atoms with E-state index in [1.54, 1.807) is 11.8 Å². The highest BCUT2D eigenvalue weighted by Gasteiger charge is 2.27. The van der Waals surface area contributed by atoms with Gasteiger partial charge in [0.15, 0.2) is 0 Å². The summed E-state index contributed by atoms with van der Waals surface area (Å²) in [6.45, 7) is 5.71. The maximum atomic E-state index is 12.8. The average Bonchev–Trinajstić information content (AvgIpc) is 2.61. The highest BCUT2D eigenvalue weighted by atomic mass is 16.5. The van der Waals surface area contributed by atoms with Crippen molar-refractivity contribution in [2.24, 2.45) is 5.92 Å². The molecule has 0 fully saturated rings. The van der Waals surface area contributed by atoms with Crippen LogP contribution in [-0.4, -0.2) is 54.8 Å². The summed E-state index contributed by atoms with van der Waals surface area (Å²) in [7, 11) is 0. The number of carboxylic acids is 1. The van der Waals surface area contributed by atoms with Crippen molar-refractivity contribution in [3.8, 4) is 5.75 Å². The van der Waals surface area contributed by atoms with Crippen molar-refractivity contribution < 1.29 is 24.2 Å². The van der Waals surface area contributed by atoms with Crippen molar-refractivity contribution in [3.05, 3.63) is 29.8 Å². The Morgan fingerprint density at radius 3 is 2.88 bits per heavy atom. The Labute approximate surface area is 148 Å². The van der Waals surface area contributed by atoms with E-state index in [1.165, 1.54) is 0 Å². The Morgan fingerprint density at radius 2 is 2.16 bits per heavy atom. The predicted octanol–water partition coefficient (Wildman–Crippen LogP) is 2.53. The number of aliphatic carboxylic acids is 1. The second kappa shape index (κ2) is 9.42. The topological polar surface area (TPSA) is 76.1 Å². The Morgan fingerprint density at radius 1 is 1.40 bits per heavy atom. The molecule has 138 valence electrons. The van der Waals surface area contributed by atoms with Crippen molar-refractivity contribution in [3.63, 3.8) is 0 Å². The number of carboxylic acid groups (broad SMARTS) is 1. The van der Waals surface area contributed by atoms with E-state index in [2.05, 4.69) is 0 Å². The zero-order chi connectivity index (χ0) is 18.2. The molecular formula is C19H27NO5. The number of benzene rings is 1. The minimum atomic E-state index is -0.898. The number of ether oxygens (including phenoxy) is 2. The molecule has 1 N–H and O–H groups in total. The molecule has 1 amide bonds. The molecule has 2 rings (SSSR count). The summed E-state index contributed by atoms with van der Waals surface area (Å²) < 4.78 is 11.0. The first-order chi connectivity index (χ1) is 12.0. The van der Waals surface area contributed by atoms with Crippen LogP contribution in [-0.2, 0) is 14.3 Å². The van der Waals surface area contributed by atoms with Crippen LogP contribution in [0.4, 0.5) is 0 Å². The third-order valence-electron chi connectivity index (χ3n) is 4.48. The summed E-state index contributed by atoms with van der Waals surface area (Å²) in [6.07, 6.45) is 1.15. The van der Waals surface area contributed by atoms with Crippen LogP contribution in [0.25, 0.3) is 0 Å². The summed E-state index contributed by atoms with van der Waals surface area (Å²) >= 11 is 0. The number of amides is 1. The quantitative estimate of drug-likeness (QED) is 0.693. The van der Waals surface area contributed by atoms with Gasteiger partial charge in [0.05, 0.1) is 19.1 Å². The number of carbonyl (C=O) groups is 2. The van der Waals surface area contributed by atoms with Gasteiger partial charge in [0, 0.05) is 26.1 Å². The molecule has 1 heterocycles. The molecule has 0 spiro atoms. The van der Waals surface area contributed by atoms with Crippen LogP contribution in [0.15, 0.2) is 24.3 Å². The zero-order valence-corrected chi connectivity index (χ0v) is 14.9. The number of fused-ring (bicyclic) bond motifs is 1. The van der Waals surface area contributed by atoms with Gasteiger partial charge in [-0.05, 0) is 30.9 Å². The summed E-state index contributed by atoms with van der Waals surface area (Å²) in [5, 5.41) is 9.15. The van der Waals surface area contributed by atoms with Gasteiger partial charge in [-0.3, -0.25) is 9.59 Å². The molecule has 0 bridgehead atoms. The lowest BCUT2D eigenvalue weighted by Crippen LogP contribution is -2.40. The van der Waals surface area contributed by atoms with Gasteiger partial charge < -0.3 is 19.5 Å². The molecule has 0 saturated carbocycles. The van der Waals surface area contributed by atoms with Gasteiger partial charge in [-0.25, -0.2) is 0 Å². The standard InChI is InChI=1S/C19H27NO5/c1-3-24-11-9-20(13-14(2)19(22)23)18(21)12-15-8-10-25-17-7-5-4-6-16(15)17/h4-7,14-15H,3,8-13H2,1-2H3,(H,22,23)/t14-,15-/m0/s1. The molecule has 0 radical (unpaired) electrons. The molecule has 25 heavy (non-hydrogen) atoms. The van der Waals surface area contributed by atoms with Gasteiger partial charge in [-0.15, -0.1) is 0 Å². The number of hydrogen-bond donors (Lipinski definition) is 1. The minimum absolute atomic E-state index is 0.0329. The van der Waals surface area contributed by atoms with E-state index in [1.807, 2.05) is 31.2 Å². The Kier molecular flexibility index (Phi) is 7.25. The zero-order valence-electron chi connectivity index (χ0n) is 14.9. The first-order valence-corrected chi connectivity index (χ1v) is 8.83. The summed E-state index contributed by atoms with van der Waals surface area (Å²) in [6, 6.07) is 7.79. The third-order valence-corrected chi connectivity index (χ3v) is 4.48. The number of hydrogen-bond acceptors (Lipinski definition) is 4. The van der Waals surface area contributed by atoms with Crippen LogP contribution in [0.2, 0.25) is 0 Å². The fourth-order valence-electron chi connectivity index (χ4n) is 3.01. The van der Waals surface area contributed by atoms with E-state index in [9.17, 15) is 9.59 Å². The molecule has 6 heteroatoms. The molecule has 6 nitrogen and oxygen atoms in total. The summed E-state index contributed by atoms with van der Waals surface area (Å²) in [4.78, 5) is 25.6. The van der Waals surface area contributed by atoms with E-state index in [0.717, 1.165) is 17.7 Å². The fraction of sp³-hybridized carbons (Fsp3) is 0.579. The van der Waals surface area contributed by atoms with Crippen LogP contribution in [0.5, 0.6) is 5.75 Å². The lowest BCUT2D eigenvalue weighted by Gasteiger charge is -2.29. The molecule has 1 aromatic rings. The normalized spacial score (nSPS) is 17.3. The van der Waals surface area contributed by atoms with Gasteiger partial charge in [0.25, 0.3) is 0 Å². The molecule has 2 atom stereocenters. The van der Waals surface area contributed by atoms with Crippen LogP contribution in [0.3, 0.4) is 0 Å². The molecule has 0 aromatic heterocycles. The molecule has 0 saturated heterocycles. The van der Waals surface area contributed by atoms with Gasteiger partial charge in [-0.1, -0.05) is 25.1 Å². The van der Waals surface area contributed by atoms with Gasteiger partial charge in [0.1, 0.15) is 5.75 Å². The second-order valence-corrected chi connectivity index (χ2v) is 6.35. The number of para-hydroxylation sites is 1. The molecule has 1 aliphatic rings. The van der Waals surface area contributed by atoms with Gasteiger partial charge >= 0.3 is 5.97 Å². The highest BCUT2D eigenvalue weighted by molar-refractivity contribution is 5.78. The van der Waals surface area contributed by atoms with Crippen molar-refractivity contribution in [1.82, 2.24) is 4.90 Å². The predicted molar refractivity (Wildman–Crippen MR) is 93.8 cm³/mol. The van der Waals surface area contributed by atoms with Crippen molar-refractivity contribution in [1.29, 1.82) is 0 Å². The molecule has 1 aromatic carbocycles.